The summed E-state index contributed by atoms with van der Waals surface area (Å²) in [5, 5.41) is 20.5. The predicted molar refractivity (Wildman–Crippen MR) is 69.6 cm³/mol. The van der Waals surface area contributed by atoms with Gasteiger partial charge in [0.1, 0.15) is 5.76 Å². The van der Waals surface area contributed by atoms with E-state index in [2.05, 4.69) is 0 Å². The molecule has 1 rings (SSSR count). The minimum atomic E-state index is -0.511. The molecule has 1 N–H and O–H groups in total. The number of benzene rings is 1. The lowest BCUT2D eigenvalue weighted by atomic mass is 10.3. The fraction of sp³-hybridized carbons (Fsp3) is 0.250. The smallest absolute Gasteiger partial charge is 0.283 e. The Morgan fingerprint density at radius 1 is 1.44 bits per heavy atom. The maximum absolute atomic E-state index is 11.4. The molecule has 0 atom stereocenters. The minimum Gasteiger partial charge on any atom is -0.511 e. The molecule has 0 amide bonds. The van der Waals surface area contributed by atoms with Crippen LogP contribution >= 0.6 is 11.8 Å². The van der Waals surface area contributed by atoms with Crippen molar-refractivity contribution in [1.29, 1.82) is 0 Å². The van der Waals surface area contributed by atoms with E-state index in [1.54, 1.807) is 25.1 Å². The van der Waals surface area contributed by atoms with Crippen LogP contribution in [-0.4, -0.2) is 15.8 Å². The van der Waals surface area contributed by atoms with Gasteiger partial charge in [-0.2, -0.15) is 0 Å². The van der Waals surface area contributed by atoms with Gasteiger partial charge in [-0.1, -0.05) is 30.8 Å². The van der Waals surface area contributed by atoms with Crippen LogP contribution in [0.2, 0.25) is 0 Å². The average molecular weight is 267 g/mol. The molecule has 0 saturated heterocycles. The van der Waals surface area contributed by atoms with Crippen molar-refractivity contribution in [1.82, 2.24) is 0 Å². The Balaban J connectivity index is 3.17. The number of hydrogen-bond acceptors (Lipinski definition) is 5. The molecule has 0 saturated carbocycles. The molecule has 0 radical (unpaired) electrons. The van der Waals surface area contributed by atoms with E-state index in [-0.39, 0.29) is 22.1 Å². The Bertz CT molecular complexity index is 511. The van der Waals surface area contributed by atoms with E-state index >= 15 is 0 Å². The largest absolute Gasteiger partial charge is 0.511 e. The molecule has 0 unspecified atom stereocenters. The van der Waals surface area contributed by atoms with Crippen LogP contribution in [0.3, 0.4) is 0 Å². The number of Topliss-reactive ketones (excluding diaryl/α,β-unsaturated/α-hetero) is 1. The van der Waals surface area contributed by atoms with Crippen molar-refractivity contribution >= 4 is 23.2 Å². The number of nitrogens with zero attached hydrogens (tertiary/aromatic N) is 1. The molecule has 5 nitrogen and oxygen atoms in total. The number of aliphatic hydroxyl groups excluding tert-OH is 1. The zero-order chi connectivity index (χ0) is 13.7. The van der Waals surface area contributed by atoms with E-state index in [9.17, 15) is 20.0 Å². The minimum absolute atomic E-state index is 0.0503. The molecule has 0 fully saturated rings. The zero-order valence-corrected chi connectivity index (χ0v) is 10.9. The monoisotopic (exact) mass is 267 g/mol. The van der Waals surface area contributed by atoms with Crippen molar-refractivity contribution in [2.45, 2.75) is 25.2 Å². The van der Waals surface area contributed by atoms with Crippen LogP contribution in [-0.2, 0) is 4.79 Å². The standard InChI is InChI=1S/C12H13NO4S/c1-3-10(15)12(8(2)14)18-11-7-5-4-6-9(11)13(16)17/h4-7,15H,3H2,1-2H3/b12-10-. The highest BCUT2D eigenvalue weighted by Gasteiger charge is 2.18. The second-order valence-electron chi connectivity index (χ2n) is 3.51. The number of carbonyl (C=O) groups excluding carboxylic acids is 1. The van der Waals surface area contributed by atoms with Gasteiger partial charge in [-0.25, -0.2) is 0 Å². The summed E-state index contributed by atoms with van der Waals surface area (Å²) in [7, 11) is 0. The normalized spacial score (nSPS) is 11.9. The van der Waals surface area contributed by atoms with Crippen molar-refractivity contribution < 1.29 is 14.8 Å². The summed E-state index contributed by atoms with van der Waals surface area (Å²) in [6, 6.07) is 6.12. The van der Waals surface area contributed by atoms with Crippen LogP contribution in [0.4, 0.5) is 5.69 Å². The van der Waals surface area contributed by atoms with Crippen LogP contribution in [0, 0.1) is 10.1 Å². The van der Waals surface area contributed by atoms with Gasteiger partial charge in [0.05, 0.1) is 14.7 Å². The average Bonchev–Trinajstić information content (AvgIpc) is 2.34. The van der Waals surface area contributed by atoms with E-state index in [1.165, 1.54) is 13.0 Å². The number of rotatable bonds is 5. The van der Waals surface area contributed by atoms with Crippen LogP contribution in [0.5, 0.6) is 0 Å². The number of para-hydroxylation sites is 1. The van der Waals surface area contributed by atoms with Gasteiger partial charge in [-0.05, 0) is 13.0 Å². The third-order valence-electron chi connectivity index (χ3n) is 2.19. The van der Waals surface area contributed by atoms with Gasteiger partial charge >= 0.3 is 0 Å². The summed E-state index contributed by atoms with van der Waals surface area (Å²) in [4.78, 5) is 22.2. The van der Waals surface area contributed by atoms with Crippen molar-refractivity contribution in [3.63, 3.8) is 0 Å². The lowest BCUT2D eigenvalue weighted by molar-refractivity contribution is -0.387. The topological polar surface area (TPSA) is 80.4 Å². The Labute approximate surface area is 109 Å². The van der Waals surface area contributed by atoms with Crippen LogP contribution < -0.4 is 0 Å². The van der Waals surface area contributed by atoms with Crippen molar-refractivity contribution in [3.05, 3.63) is 45.0 Å². The number of carbonyl (C=O) groups is 1. The van der Waals surface area contributed by atoms with Crippen molar-refractivity contribution in [2.24, 2.45) is 0 Å². The summed E-state index contributed by atoms with van der Waals surface area (Å²) < 4.78 is 0. The molecular formula is C12H13NO4S. The fourth-order valence-electron chi connectivity index (χ4n) is 1.30. The third-order valence-corrected chi connectivity index (χ3v) is 3.48. The zero-order valence-electron chi connectivity index (χ0n) is 10.0. The maximum Gasteiger partial charge on any atom is 0.283 e. The number of ketones is 1. The fourth-order valence-corrected chi connectivity index (χ4v) is 2.32. The number of aliphatic hydroxyl groups is 1. The Morgan fingerprint density at radius 2 is 2.06 bits per heavy atom. The molecule has 0 aliphatic rings. The first kappa shape index (κ1) is 14.2. The molecule has 96 valence electrons. The molecule has 0 aliphatic carbocycles. The predicted octanol–water partition coefficient (Wildman–Crippen LogP) is 3.46. The van der Waals surface area contributed by atoms with Crippen molar-refractivity contribution in [3.8, 4) is 0 Å². The Hall–Kier alpha value is -1.82. The summed E-state index contributed by atoms with van der Waals surface area (Å²) >= 11 is 0.923. The lowest BCUT2D eigenvalue weighted by Crippen LogP contribution is -1.99. The number of nitro benzene ring substituents is 1. The van der Waals surface area contributed by atoms with Gasteiger partial charge in [0.15, 0.2) is 5.78 Å². The molecular weight excluding hydrogens is 254 g/mol. The highest BCUT2D eigenvalue weighted by atomic mass is 32.2. The molecule has 1 aromatic rings. The first-order valence-corrected chi connectivity index (χ1v) is 6.13. The van der Waals surface area contributed by atoms with Gasteiger partial charge in [0.2, 0.25) is 0 Å². The maximum atomic E-state index is 11.4. The van der Waals surface area contributed by atoms with E-state index in [0.717, 1.165) is 11.8 Å². The molecule has 0 aromatic heterocycles. The Kier molecular flexibility index (Phi) is 4.91. The van der Waals surface area contributed by atoms with Crippen molar-refractivity contribution in [2.75, 3.05) is 0 Å². The number of hydrogen-bond donors (Lipinski definition) is 1. The molecule has 18 heavy (non-hydrogen) atoms. The number of thioether (sulfide) groups is 1. The molecule has 0 spiro atoms. The first-order valence-electron chi connectivity index (χ1n) is 5.31. The van der Waals surface area contributed by atoms with Crippen LogP contribution in [0.15, 0.2) is 39.8 Å². The second-order valence-corrected chi connectivity index (χ2v) is 4.56. The highest BCUT2D eigenvalue weighted by Crippen LogP contribution is 2.35. The van der Waals surface area contributed by atoms with Crippen LogP contribution in [0.1, 0.15) is 20.3 Å². The van der Waals surface area contributed by atoms with E-state index in [0.29, 0.717) is 11.3 Å². The van der Waals surface area contributed by atoms with E-state index < -0.39 is 4.92 Å². The molecule has 0 bridgehead atoms. The van der Waals surface area contributed by atoms with Gasteiger partial charge < -0.3 is 5.11 Å². The van der Waals surface area contributed by atoms with Gasteiger partial charge in [-0.15, -0.1) is 0 Å². The summed E-state index contributed by atoms with van der Waals surface area (Å²) in [5.74, 6) is -0.358. The second kappa shape index (κ2) is 6.20. The number of nitro groups is 1. The first-order chi connectivity index (χ1) is 8.47. The Morgan fingerprint density at radius 3 is 2.56 bits per heavy atom. The van der Waals surface area contributed by atoms with Gasteiger partial charge in [0.25, 0.3) is 5.69 Å². The molecule has 1 aromatic carbocycles. The van der Waals surface area contributed by atoms with E-state index in [4.69, 9.17) is 0 Å². The highest BCUT2D eigenvalue weighted by molar-refractivity contribution is 8.04. The summed E-state index contributed by atoms with van der Waals surface area (Å²) in [6.45, 7) is 3.03. The third kappa shape index (κ3) is 3.33. The lowest BCUT2D eigenvalue weighted by Gasteiger charge is -2.06. The number of allylic oxidation sites excluding steroid dienone is 2. The molecule has 0 heterocycles. The van der Waals surface area contributed by atoms with Gasteiger partial charge in [0, 0.05) is 12.5 Å². The van der Waals surface area contributed by atoms with Gasteiger partial charge in [-0.3, -0.25) is 14.9 Å². The van der Waals surface area contributed by atoms with E-state index in [1.807, 2.05) is 0 Å². The van der Waals surface area contributed by atoms with Crippen LogP contribution in [0.25, 0.3) is 0 Å². The summed E-state index contributed by atoms with van der Waals surface area (Å²) in [5.41, 5.74) is -0.0786. The summed E-state index contributed by atoms with van der Waals surface area (Å²) in [6.07, 6.45) is 0.308. The molecule has 6 heteroatoms. The SMILES string of the molecule is CC/C(O)=C(/Sc1ccccc1[N+](=O)[O-])C(C)=O. The quantitative estimate of drug-likeness (QED) is 0.290. The molecule has 0 aliphatic heterocycles.